The standard InChI is InChI=1S/C35H38BrN3O5S/c1-3-4-23-37-35(41)33(24-27-11-7-5-8-12-27)38(25-28-15-17-29(36)18-16-28)34(40)26-39(45(2,42)43)30-19-21-32(22-20-30)44-31-13-9-6-10-14-31/h5-22,33H,3-4,23-26H2,1-2H3,(H,37,41). The summed E-state index contributed by atoms with van der Waals surface area (Å²) in [5.74, 6) is 0.379. The molecule has 10 heteroatoms. The molecule has 1 N–H and O–H groups in total. The van der Waals surface area contributed by atoms with Crippen molar-refractivity contribution in [2.45, 2.75) is 38.8 Å². The van der Waals surface area contributed by atoms with Gasteiger partial charge in [-0.2, -0.15) is 0 Å². The number of unbranched alkanes of at least 4 members (excludes halogenated alkanes) is 1. The average Bonchev–Trinajstić information content (AvgIpc) is 3.03. The monoisotopic (exact) mass is 691 g/mol. The number of para-hydroxylation sites is 1. The number of ether oxygens (including phenoxy) is 1. The molecule has 0 aliphatic carbocycles. The fourth-order valence-electron chi connectivity index (χ4n) is 4.77. The van der Waals surface area contributed by atoms with Crippen molar-refractivity contribution < 1.29 is 22.7 Å². The molecule has 0 radical (unpaired) electrons. The molecule has 0 spiro atoms. The van der Waals surface area contributed by atoms with Crippen molar-refractivity contribution in [3.63, 3.8) is 0 Å². The van der Waals surface area contributed by atoms with Gasteiger partial charge >= 0.3 is 0 Å². The van der Waals surface area contributed by atoms with Crippen LogP contribution in [0, 0.1) is 0 Å². The Morgan fingerprint density at radius 2 is 1.42 bits per heavy atom. The summed E-state index contributed by atoms with van der Waals surface area (Å²) in [7, 11) is -3.88. The van der Waals surface area contributed by atoms with Crippen LogP contribution in [0.25, 0.3) is 0 Å². The minimum Gasteiger partial charge on any atom is -0.457 e. The molecule has 45 heavy (non-hydrogen) atoms. The topological polar surface area (TPSA) is 96.0 Å². The van der Waals surface area contributed by atoms with Gasteiger partial charge < -0.3 is 15.0 Å². The third kappa shape index (κ3) is 10.2. The Morgan fingerprint density at radius 3 is 2.02 bits per heavy atom. The first-order valence-corrected chi connectivity index (χ1v) is 17.4. The smallest absolute Gasteiger partial charge is 0.244 e. The van der Waals surface area contributed by atoms with Crippen molar-refractivity contribution in [2.75, 3.05) is 23.7 Å². The lowest BCUT2D eigenvalue weighted by Gasteiger charge is -2.33. The summed E-state index contributed by atoms with van der Waals surface area (Å²) >= 11 is 3.45. The second-order valence-electron chi connectivity index (χ2n) is 10.7. The summed E-state index contributed by atoms with van der Waals surface area (Å²) in [6.07, 6.45) is 3.04. The first kappa shape index (κ1) is 33.7. The second-order valence-corrected chi connectivity index (χ2v) is 13.5. The van der Waals surface area contributed by atoms with E-state index in [-0.39, 0.29) is 18.9 Å². The van der Waals surface area contributed by atoms with Crippen molar-refractivity contribution in [1.82, 2.24) is 10.2 Å². The number of nitrogens with zero attached hydrogens (tertiary/aromatic N) is 2. The van der Waals surface area contributed by atoms with Crippen LogP contribution in [0.5, 0.6) is 11.5 Å². The molecule has 0 saturated heterocycles. The van der Waals surface area contributed by atoms with Gasteiger partial charge in [-0.05, 0) is 66.1 Å². The maximum atomic E-state index is 14.2. The number of carbonyl (C=O) groups excluding carboxylic acids is 2. The zero-order chi connectivity index (χ0) is 32.2. The number of halogens is 1. The van der Waals surface area contributed by atoms with Crippen LogP contribution in [0.3, 0.4) is 0 Å². The molecule has 4 rings (SSSR count). The molecular formula is C35H38BrN3O5S. The van der Waals surface area contributed by atoms with Gasteiger partial charge in [0.1, 0.15) is 24.1 Å². The van der Waals surface area contributed by atoms with E-state index >= 15 is 0 Å². The van der Waals surface area contributed by atoms with E-state index in [1.165, 1.54) is 4.90 Å². The molecule has 0 aliphatic heterocycles. The Bertz CT molecular complexity index is 1630. The molecule has 8 nitrogen and oxygen atoms in total. The number of rotatable bonds is 15. The van der Waals surface area contributed by atoms with Crippen LogP contribution in [-0.4, -0.2) is 50.5 Å². The highest BCUT2D eigenvalue weighted by molar-refractivity contribution is 9.10. The van der Waals surface area contributed by atoms with E-state index in [9.17, 15) is 18.0 Å². The number of anilines is 1. The number of hydrogen-bond acceptors (Lipinski definition) is 5. The number of carbonyl (C=O) groups is 2. The van der Waals surface area contributed by atoms with E-state index in [0.29, 0.717) is 23.7 Å². The zero-order valence-electron chi connectivity index (χ0n) is 25.4. The van der Waals surface area contributed by atoms with Gasteiger partial charge in [-0.3, -0.25) is 13.9 Å². The summed E-state index contributed by atoms with van der Waals surface area (Å²) in [6.45, 7) is 2.15. The maximum Gasteiger partial charge on any atom is 0.244 e. The molecule has 4 aromatic rings. The fourth-order valence-corrected chi connectivity index (χ4v) is 5.88. The molecule has 236 valence electrons. The van der Waals surface area contributed by atoms with Gasteiger partial charge in [0.15, 0.2) is 0 Å². The van der Waals surface area contributed by atoms with E-state index in [2.05, 4.69) is 21.2 Å². The Morgan fingerprint density at radius 1 is 0.822 bits per heavy atom. The van der Waals surface area contributed by atoms with E-state index in [0.717, 1.165) is 39.0 Å². The Hall–Kier alpha value is -4.15. The van der Waals surface area contributed by atoms with Gasteiger partial charge in [-0.15, -0.1) is 0 Å². The molecule has 0 aliphatic rings. The van der Waals surface area contributed by atoms with Crippen molar-refractivity contribution in [3.8, 4) is 11.5 Å². The number of amides is 2. The molecular weight excluding hydrogens is 654 g/mol. The summed E-state index contributed by atoms with van der Waals surface area (Å²) in [5, 5.41) is 2.99. The van der Waals surface area contributed by atoms with Crippen LogP contribution in [0.2, 0.25) is 0 Å². The van der Waals surface area contributed by atoms with E-state index in [1.807, 2.05) is 91.9 Å². The van der Waals surface area contributed by atoms with Crippen molar-refractivity contribution in [2.24, 2.45) is 0 Å². The quantitative estimate of drug-likeness (QED) is 0.142. The van der Waals surface area contributed by atoms with Crippen molar-refractivity contribution in [3.05, 3.63) is 125 Å². The lowest BCUT2D eigenvalue weighted by Crippen LogP contribution is -2.53. The van der Waals surface area contributed by atoms with Crippen molar-refractivity contribution >= 4 is 43.5 Å². The number of hydrogen-bond donors (Lipinski definition) is 1. The third-order valence-corrected chi connectivity index (χ3v) is 8.82. The second kappa shape index (κ2) is 16.2. The molecule has 0 aromatic heterocycles. The van der Waals surface area contributed by atoms with Crippen LogP contribution in [0.4, 0.5) is 5.69 Å². The molecule has 0 fully saturated rings. The normalized spacial score (nSPS) is 11.8. The van der Waals surface area contributed by atoms with Gasteiger partial charge in [0.05, 0.1) is 11.9 Å². The van der Waals surface area contributed by atoms with Gasteiger partial charge in [0, 0.05) is 24.0 Å². The highest BCUT2D eigenvalue weighted by Crippen LogP contribution is 2.26. The predicted molar refractivity (Wildman–Crippen MR) is 182 cm³/mol. The largest absolute Gasteiger partial charge is 0.457 e. The van der Waals surface area contributed by atoms with Crippen LogP contribution in [0.1, 0.15) is 30.9 Å². The molecule has 0 bridgehead atoms. The summed E-state index contributed by atoms with van der Waals surface area (Å²) < 4.78 is 33.9. The van der Waals surface area contributed by atoms with Gasteiger partial charge in [-0.1, -0.05) is 89.9 Å². The number of nitrogens with one attached hydrogen (secondary N) is 1. The summed E-state index contributed by atoms with van der Waals surface area (Å²) in [4.78, 5) is 29.4. The van der Waals surface area contributed by atoms with Crippen LogP contribution < -0.4 is 14.4 Å². The van der Waals surface area contributed by atoms with E-state index in [1.54, 1.807) is 24.3 Å². The van der Waals surface area contributed by atoms with Crippen LogP contribution in [0.15, 0.2) is 114 Å². The maximum absolute atomic E-state index is 14.2. The molecule has 1 unspecified atom stereocenters. The Labute approximate surface area is 274 Å². The number of benzene rings is 4. The highest BCUT2D eigenvalue weighted by Gasteiger charge is 2.33. The summed E-state index contributed by atoms with van der Waals surface area (Å²) in [6, 6.07) is 31.9. The SMILES string of the molecule is CCCCNC(=O)C(Cc1ccccc1)N(Cc1ccc(Br)cc1)C(=O)CN(c1ccc(Oc2ccccc2)cc1)S(C)(=O)=O. The highest BCUT2D eigenvalue weighted by atomic mass is 79.9. The Balaban J connectivity index is 1.66. The van der Waals surface area contributed by atoms with Gasteiger partial charge in [0.25, 0.3) is 0 Å². The predicted octanol–water partition coefficient (Wildman–Crippen LogP) is 6.56. The van der Waals surface area contributed by atoms with E-state index in [4.69, 9.17) is 4.74 Å². The molecule has 1 atom stereocenters. The van der Waals surface area contributed by atoms with Crippen molar-refractivity contribution in [1.29, 1.82) is 0 Å². The third-order valence-electron chi connectivity index (χ3n) is 7.15. The first-order chi connectivity index (χ1) is 21.6. The van der Waals surface area contributed by atoms with Gasteiger partial charge in [-0.25, -0.2) is 8.42 Å². The molecule has 0 heterocycles. The minimum absolute atomic E-state index is 0.117. The number of sulfonamides is 1. The van der Waals surface area contributed by atoms with Gasteiger partial charge in [0.2, 0.25) is 21.8 Å². The lowest BCUT2D eigenvalue weighted by atomic mass is 10.0. The first-order valence-electron chi connectivity index (χ1n) is 14.8. The average molecular weight is 693 g/mol. The molecule has 2 amide bonds. The Kier molecular flexibility index (Phi) is 12.2. The van der Waals surface area contributed by atoms with E-state index < -0.39 is 28.5 Å². The van der Waals surface area contributed by atoms with Crippen LogP contribution in [-0.2, 0) is 32.6 Å². The zero-order valence-corrected chi connectivity index (χ0v) is 27.8. The summed E-state index contributed by atoms with van der Waals surface area (Å²) in [5.41, 5.74) is 2.00. The fraction of sp³-hybridized carbons (Fsp3) is 0.257. The minimum atomic E-state index is -3.88. The molecule has 0 saturated carbocycles. The van der Waals surface area contributed by atoms with Crippen LogP contribution >= 0.6 is 15.9 Å². The lowest BCUT2D eigenvalue weighted by molar-refractivity contribution is -0.140. The molecule has 4 aromatic carbocycles.